The molecule has 0 fully saturated rings. The fraction of sp³-hybridized carbons (Fsp3) is 0.111. The van der Waals surface area contributed by atoms with Gasteiger partial charge in [0.05, 0.1) is 11.3 Å². The Balaban J connectivity index is 1.83. The van der Waals surface area contributed by atoms with Crippen LogP contribution in [-0.2, 0) is 0 Å². The van der Waals surface area contributed by atoms with E-state index < -0.39 is 6.61 Å². The Morgan fingerprint density at radius 2 is 2.00 bits per heavy atom. The quantitative estimate of drug-likeness (QED) is 0.480. The van der Waals surface area contributed by atoms with Crippen molar-refractivity contribution in [1.29, 1.82) is 0 Å². The van der Waals surface area contributed by atoms with Gasteiger partial charge in [0.1, 0.15) is 5.75 Å². The third-order valence-electron chi connectivity index (χ3n) is 3.54. The van der Waals surface area contributed by atoms with Crippen LogP contribution in [0.3, 0.4) is 0 Å². The summed E-state index contributed by atoms with van der Waals surface area (Å²) >= 11 is 3.34. The molecule has 1 aromatic heterocycles. The second-order valence-electron chi connectivity index (χ2n) is 5.30. The molecule has 4 nitrogen and oxygen atoms in total. The number of ether oxygens (including phenoxy) is 1. The van der Waals surface area contributed by atoms with Gasteiger partial charge in [-0.3, -0.25) is 10.1 Å². The molecule has 2 aromatic carbocycles. The number of hydrogen-bond acceptors (Lipinski definition) is 4. The molecule has 0 aliphatic heterocycles. The molecule has 26 heavy (non-hydrogen) atoms. The number of nitrogens with zero attached hydrogens (tertiary/aromatic N) is 1. The number of hydrogen-bond donors (Lipinski definition) is 1. The van der Waals surface area contributed by atoms with Gasteiger partial charge in [0.25, 0.3) is 5.91 Å². The number of anilines is 1. The minimum Gasteiger partial charge on any atom is -0.434 e. The van der Waals surface area contributed by atoms with Crippen molar-refractivity contribution in [3.63, 3.8) is 0 Å². The van der Waals surface area contributed by atoms with Crippen molar-refractivity contribution >= 4 is 45.0 Å². The zero-order valence-electron chi connectivity index (χ0n) is 13.5. The van der Waals surface area contributed by atoms with E-state index in [-0.39, 0.29) is 11.7 Å². The van der Waals surface area contributed by atoms with Crippen LogP contribution in [0, 0.1) is 10.5 Å². The molecule has 0 aliphatic carbocycles. The standard InChI is InChI=1S/C18H13F2IN2O2S/c1-10-5-4-7-12(15(10)21)16(24)23-18-22-13(9-26-18)11-6-2-3-8-14(11)25-17(19)20/h2-9,17H,1H3,(H,22,23,24). The maximum atomic E-state index is 12.6. The number of nitrogens with one attached hydrogen (secondary N) is 1. The lowest BCUT2D eigenvalue weighted by molar-refractivity contribution is -0.0494. The van der Waals surface area contributed by atoms with Crippen LogP contribution in [0.2, 0.25) is 0 Å². The highest BCUT2D eigenvalue weighted by atomic mass is 127. The highest BCUT2D eigenvalue weighted by molar-refractivity contribution is 14.1. The number of aryl methyl sites for hydroxylation is 1. The lowest BCUT2D eigenvalue weighted by Gasteiger charge is -2.08. The first kappa shape index (κ1) is 18.7. The van der Waals surface area contributed by atoms with E-state index in [0.29, 0.717) is 22.0 Å². The number of amides is 1. The van der Waals surface area contributed by atoms with Crippen LogP contribution in [0.1, 0.15) is 15.9 Å². The van der Waals surface area contributed by atoms with Crippen LogP contribution in [0.25, 0.3) is 11.3 Å². The van der Waals surface area contributed by atoms with Gasteiger partial charge in [-0.05, 0) is 53.3 Å². The summed E-state index contributed by atoms with van der Waals surface area (Å²) in [5.74, 6) is -0.227. The minimum atomic E-state index is -2.92. The van der Waals surface area contributed by atoms with Gasteiger partial charge in [-0.15, -0.1) is 11.3 Å². The Kier molecular flexibility index (Phi) is 5.82. The molecule has 3 aromatic rings. The summed E-state index contributed by atoms with van der Waals surface area (Å²) in [7, 11) is 0. The van der Waals surface area contributed by atoms with Gasteiger partial charge < -0.3 is 4.74 Å². The predicted octanol–water partition coefficient (Wildman–Crippen LogP) is 5.58. The van der Waals surface area contributed by atoms with E-state index in [4.69, 9.17) is 0 Å². The fourth-order valence-electron chi connectivity index (χ4n) is 2.32. The molecular weight excluding hydrogens is 473 g/mol. The molecule has 0 saturated heterocycles. The topological polar surface area (TPSA) is 51.2 Å². The zero-order valence-corrected chi connectivity index (χ0v) is 16.5. The highest BCUT2D eigenvalue weighted by Gasteiger charge is 2.16. The number of benzene rings is 2. The van der Waals surface area contributed by atoms with E-state index in [9.17, 15) is 13.6 Å². The molecule has 0 spiro atoms. The molecule has 8 heteroatoms. The van der Waals surface area contributed by atoms with Gasteiger partial charge in [-0.1, -0.05) is 24.3 Å². The second kappa shape index (κ2) is 8.09. The number of carbonyl (C=O) groups excluding carboxylic acids is 1. The smallest absolute Gasteiger partial charge is 0.387 e. The van der Waals surface area contributed by atoms with Crippen LogP contribution in [0.4, 0.5) is 13.9 Å². The number of carbonyl (C=O) groups is 1. The summed E-state index contributed by atoms with van der Waals surface area (Å²) in [6, 6.07) is 11.9. The third-order valence-corrected chi connectivity index (χ3v) is 5.73. The number of para-hydroxylation sites is 1. The Morgan fingerprint density at radius 3 is 2.77 bits per heavy atom. The van der Waals surface area contributed by atoms with Crippen molar-refractivity contribution in [2.45, 2.75) is 13.5 Å². The summed E-state index contributed by atoms with van der Waals surface area (Å²) in [5, 5.41) is 4.82. The third kappa shape index (κ3) is 4.18. The van der Waals surface area contributed by atoms with Gasteiger partial charge in [0.2, 0.25) is 0 Å². The largest absolute Gasteiger partial charge is 0.434 e. The van der Waals surface area contributed by atoms with E-state index in [1.165, 1.54) is 17.4 Å². The number of alkyl halides is 2. The summed E-state index contributed by atoms with van der Waals surface area (Å²) in [6.45, 7) is -0.989. The maximum Gasteiger partial charge on any atom is 0.387 e. The highest BCUT2D eigenvalue weighted by Crippen LogP contribution is 2.33. The molecule has 1 N–H and O–H groups in total. The summed E-state index contributed by atoms with van der Waals surface area (Å²) in [5.41, 5.74) is 2.47. The average Bonchev–Trinajstić information content (AvgIpc) is 3.05. The zero-order chi connectivity index (χ0) is 18.7. The first-order chi connectivity index (χ1) is 12.5. The molecule has 0 aliphatic rings. The summed E-state index contributed by atoms with van der Waals surface area (Å²) in [4.78, 5) is 16.8. The van der Waals surface area contributed by atoms with Crippen molar-refractivity contribution in [3.8, 4) is 17.0 Å². The number of rotatable bonds is 5. The fourth-order valence-corrected chi connectivity index (χ4v) is 3.63. The Hall–Kier alpha value is -2.07. The molecule has 134 valence electrons. The van der Waals surface area contributed by atoms with Crippen molar-refractivity contribution in [2.75, 3.05) is 5.32 Å². The van der Waals surface area contributed by atoms with Gasteiger partial charge >= 0.3 is 6.61 Å². The van der Waals surface area contributed by atoms with Crippen molar-refractivity contribution in [3.05, 3.63) is 62.5 Å². The van der Waals surface area contributed by atoms with Gasteiger partial charge in [-0.2, -0.15) is 8.78 Å². The average molecular weight is 486 g/mol. The summed E-state index contributed by atoms with van der Waals surface area (Å²) < 4.78 is 30.5. The monoisotopic (exact) mass is 486 g/mol. The van der Waals surface area contributed by atoms with Crippen molar-refractivity contribution in [2.24, 2.45) is 0 Å². The SMILES string of the molecule is Cc1cccc(C(=O)Nc2nc(-c3ccccc3OC(F)F)cs2)c1I. The Labute approximate surface area is 166 Å². The molecular formula is C18H13F2IN2O2S. The number of aromatic nitrogens is 1. The van der Waals surface area contributed by atoms with Crippen LogP contribution < -0.4 is 10.1 Å². The lowest BCUT2D eigenvalue weighted by atomic mass is 10.1. The molecule has 1 amide bonds. The van der Waals surface area contributed by atoms with Crippen molar-refractivity contribution < 1.29 is 18.3 Å². The predicted molar refractivity (Wildman–Crippen MR) is 106 cm³/mol. The second-order valence-corrected chi connectivity index (χ2v) is 7.24. The molecule has 0 bridgehead atoms. The Morgan fingerprint density at radius 1 is 1.23 bits per heavy atom. The van der Waals surface area contributed by atoms with Crippen LogP contribution >= 0.6 is 33.9 Å². The van der Waals surface area contributed by atoms with E-state index in [0.717, 1.165) is 9.13 Å². The molecule has 0 atom stereocenters. The normalized spacial score (nSPS) is 10.8. The van der Waals surface area contributed by atoms with Crippen LogP contribution in [0.15, 0.2) is 47.8 Å². The number of halogens is 3. The Bertz CT molecular complexity index is 946. The van der Waals surface area contributed by atoms with E-state index >= 15 is 0 Å². The van der Waals surface area contributed by atoms with Crippen LogP contribution in [0.5, 0.6) is 5.75 Å². The molecule has 0 radical (unpaired) electrons. The molecule has 1 heterocycles. The molecule has 0 saturated carbocycles. The minimum absolute atomic E-state index is 0.0407. The van der Waals surface area contributed by atoms with Gasteiger partial charge in [0.15, 0.2) is 5.13 Å². The van der Waals surface area contributed by atoms with E-state index in [1.54, 1.807) is 29.6 Å². The van der Waals surface area contributed by atoms with Gasteiger partial charge in [-0.25, -0.2) is 4.98 Å². The van der Waals surface area contributed by atoms with Gasteiger partial charge in [0, 0.05) is 14.5 Å². The first-order valence-corrected chi connectivity index (χ1v) is 9.47. The number of thiazole rings is 1. The first-order valence-electron chi connectivity index (χ1n) is 7.52. The lowest BCUT2D eigenvalue weighted by Crippen LogP contribution is -2.13. The maximum absolute atomic E-state index is 12.6. The van der Waals surface area contributed by atoms with E-state index in [1.807, 2.05) is 19.1 Å². The molecule has 3 rings (SSSR count). The van der Waals surface area contributed by atoms with Crippen molar-refractivity contribution in [1.82, 2.24) is 4.98 Å². The summed E-state index contributed by atoms with van der Waals surface area (Å²) in [6.07, 6.45) is 0. The van der Waals surface area contributed by atoms with Crippen LogP contribution in [-0.4, -0.2) is 17.5 Å². The molecule has 0 unspecified atom stereocenters. The van der Waals surface area contributed by atoms with E-state index in [2.05, 4.69) is 37.6 Å².